The first kappa shape index (κ1) is 22.6. The van der Waals surface area contributed by atoms with Crippen LogP contribution in [0.5, 0.6) is 5.75 Å². The number of aromatic nitrogens is 1. The Bertz CT molecular complexity index is 1240. The number of amides is 2. The van der Waals surface area contributed by atoms with E-state index >= 15 is 0 Å². The first-order valence-corrected chi connectivity index (χ1v) is 12.2. The van der Waals surface area contributed by atoms with Crippen LogP contribution in [0.2, 0.25) is 0 Å². The molecule has 4 rings (SSSR count). The highest BCUT2D eigenvalue weighted by molar-refractivity contribution is 7.93. The van der Waals surface area contributed by atoms with Gasteiger partial charge in [-0.2, -0.15) is 0 Å². The van der Waals surface area contributed by atoms with Gasteiger partial charge in [0.05, 0.1) is 12.0 Å². The van der Waals surface area contributed by atoms with Gasteiger partial charge in [-0.3, -0.25) is 14.8 Å². The first-order chi connectivity index (χ1) is 15.9. The minimum atomic E-state index is -3.79. The smallest absolute Gasteiger partial charge is 0.412 e. The fourth-order valence-electron chi connectivity index (χ4n) is 3.22. The Hall–Kier alpha value is -3.64. The Labute approximate surface area is 195 Å². The predicted octanol–water partition coefficient (Wildman–Crippen LogP) is 3.55. The fraction of sp³-hybridized carbons (Fsp3) is 0.190. The molecule has 2 aromatic carbocycles. The summed E-state index contributed by atoms with van der Waals surface area (Å²) in [5, 5.41) is 4.50. The number of ether oxygens (including phenoxy) is 2. The molecule has 1 aliphatic heterocycles. The van der Waals surface area contributed by atoms with Gasteiger partial charge in [0.15, 0.2) is 11.2 Å². The summed E-state index contributed by atoms with van der Waals surface area (Å²) in [5.74, 6) is 0.268. The van der Waals surface area contributed by atoms with E-state index in [1.165, 1.54) is 46.7 Å². The normalized spacial score (nSPS) is 15.8. The van der Waals surface area contributed by atoms with Crippen molar-refractivity contribution in [3.05, 3.63) is 60.1 Å². The summed E-state index contributed by atoms with van der Waals surface area (Å²) in [6, 6.07) is 12.6. The Morgan fingerprint density at radius 2 is 1.91 bits per heavy atom. The van der Waals surface area contributed by atoms with Crippen molar-refractivity contribution in [3.8, 4) is 5.75 Å². The van der Waals surface area contributed by atoms with Crippen LogP contribution >= 0.6 is 11.3 Å². The van der Waals surface area contributed by atoms with Gasteiger partial charge in [-0.15, -0.1) is 11.3 Å². The molecule has 1 aliphatic rings. The molecule has 2 heterocycles. The van der Waals surface area contributed by atoms with E-state index in [0.717, 1.165) is 0 Å². The molecule has 0 bridgehead atoms. The van der Waals surface area contributed by atoms with E-state index in [9.17, 15) is 18.0 Å². The van der Waals surface area contributed by atoms with Crippen molar-refractivity contribution >= 4 is 49.9 Å². The molecule has 1 fully saturated rings. The third-order valence-corrected chi connectivity index (χ3v) is 7.03. The molecule has 0 spiro atoms. The highest BCUT2D eigenvalue weighted by Gasteiger charge is 2.35. The van der Waals surface area contributed by atoms with Gasteiger partial charge in [-0.1, -0.05) is 0 Å². The second kappa shape index (κ2) is 9.46. The van der Waals surface area contributed by atoms with Crippen LogP contribution in [-0.2, 0) is 19.6 Å². The molecule has 10 nitrogen and oxygen atoms in total. The molecule has 0 aliphatic carbocycles. The molecule has 33 heavy (non-hydrogen) atoms. The van der Waals surface area contributed by atoms with Crippen LogP contribution < -0.4 is 19.7 Å². The Kier molecular flexibility index (Phi) is 6.47. The lowest BCUT2D eigenvalue weighted by atomic mass is 10.3. The molecule has 1 saturated heterocycles. The Morgan fingerprint density at radius 1 is 1.18 bits per heavy atom. The second-order valence-corrected chi connectivity index (χ2v) is 9.54. The van der Waals surface area contributed by atoms with Crippen molar-refractivity contribution in [2.45, 2.75) is 17.4 Å². The molecular formula is C21H22N4O6S2. The van der Waals surface area contributed by atoms with Gasteiger partial charge >= 0.3 is 6.09 Å². The highest BCUT2D eigenvalue weighted by Crippen LogP contribution is 2.26. The summed E-state index contributed by atoms with van der Waals surface area (Å²) < 4.78 is 37.7. The van der Waals surface area contributed by atoms with Gasteiger partial charge in [-0.05, 0) is 48.5 Å². The number of carbonyl (C=O) groups is 2. The van der Waals surface area contributed by atoms with Crippen molar-refractivity contribution in [2.75, 3.05) is 28.6 Å². The van der Waals surface area contributed by atoms with Crippen molar-refractivity contribution in [2.24, 2.45) is 0 Å². The predicted molar refractivity (Wildman–Crippen MR) is 125 cm³/mol. The van der Waals surface area contributed by atoms with Gasteiger partial charge < -0.3 is 14.4 Å². The molecule has 0 radical (unpaired) electrons. The average Bonchev–Trinajstić information content (AvgIpc) is 3.44. The Balaban J connectivity index is 0.00000324. The lowest BCUT2D eigenvalue weighted by molar-refractivity contribution is -0.124. The van der Waals surface area contributed by atoms with Crippen LogP contribution in [0, 0.1) is 0 Å². The number of methoxy groups -OCH3 is 1. The van der Waals surface area contributed by atoms with Crippen LogP contribution in [-0.4, -0.2) is 45.2 Å². The third kappa shape index (κ3) is 5.23. The van der Waals surface area contributed by atoms with Gasteiger partial charge in [0.1, 0.15) is 5.75 Å². The van der Waals surface area contributed by atoms with Gasteiger partial charge in [0.2, 0.25) is 0 Å². The molecule has 2 amide bonds. The summed E-state index contributed by atoms with van der Waals surface area (Å²) in [7, 11) is -2.25. The molecule has 1 aromatic heterocycles. The largest absolute Gasteiger partial charge is 0.497 e. The number of carbonyl (C=O) groups excluding carboxylic acids is 2. The van der Waals surface area contributed by atoms with E-state index in [2.05, 4.69) is 15.0 Å². The van der Waals surface area contributed by atoms with Crippen LogP contribution in [0.15, 0.2) is 65.0 Å². The SMILES string of the molecule is COc1ccc(NC(=O)O[C@H]2CCN(c3ccc(S(=O)(=O)Nc4nccs4)cc3)C2=O)cc1.[HH]. The fourth-order valence-corrected chi connectivity index (χ4v) is 5.01. The third-order valence-electron chi connectivity index (χ3n) is 4.85. The van der Waals surface area contributed by atoms with E-state index in [4.69, 9.17) is 9.47 Å². The van der Waals surface area contributed by atoms with Crippen LogP contribution in [0.25, 0.3) is 0 Å². The highest BCUT2D eigenvalue weighted by atomic mass is 32.2. The topological polar surface area (TPSA) is 127 Å². The Morgan fingerprint density at radius 3 is 2.55 bits per heavy atom. The average molecular weight is 491 g/mol. The van der Waals surface area contributed by atoms with Crippen molar-refractivity contribution in [1.29, 1.82) is 0 Å². The number of nitrogens with zero attached hydrogens (tertiary/aromatic N) is 2. The summed E-state index contributed by atoms with van der Waals surface area (Å²) in [5.41, 5.74) is 1.01. The number of thiazole rings is 1. The van der Waals surface area contributed by atoms with Crippen LogP contribution in [0.3, 0.4) is 0 Å². The molecule has 12 heteroatoms. The lowest BCUT2D eigenvalue weighted by Crippen LogP contribution is -2.33. The van der Waals surface area contributed by atoms with E-state index in [1.807, 2.05) is 0 Å². The molecule has 1 atom stereocenters. The minimum absolute atomic E-state index is 0. The van der Waals surface area contributed by atoms with E-state index in [-0.39, 0.29) is 17.4 Å². The standard InChI is InChI=1S/C21H20N4O6S2.H2/c1-30-16-6-2-14(3-7-16)23-21(27)31-18-10-12-25(19(18)26)15-4-8-17(9-5-15)33(28,29)24-20-22-11-13-32-20;/h2-9,11,13,18H,10,12H2,1H3,(H,22,24)(H,23,27);1H/t18-;/m0./s1. The number of nitrogens with one attached hydrogen (secondary N) is 2. The molecule has 174 valence electrons. The number of rotatable bonds is 7. The van der Waals surface area contributed by atoms with Gasteiger partial charge in [0.25, 0.3) is 15.9 Å². The zero-order chi connectivity index (χ0) is 23.4. The number of anilines is 3. The summed E-state index contributed by atoms with van der Waals surface area (Å²) >= 11 is 1.17. The molecule has 3 aromatic rings. The molecular weight excluding hydrogens is 468 g/mol. The van der Waals surface area contributed by atoms with E-state index in [0.29, 0.717) is 30.1 Å². The number of benzene rings is 2. The maximum Gasteiger partial charge on any atom is 0.412 e. The number of hydrogen-bond donors (Lipinski definition) is 2. The first-order valence-electron chi connectivity index (χ1n) is 9.81. The van der Waals surface area contributed by atoms with Crippen LogP contribution in [0.4, 0.5) is 21.3 Å². The van der Waals surface area contributed by atoms with Crippen LogP contribution in [0.1, 0.15) is 7.85 Å². The molecule has 2 N–H and O–H groups in total. The molecule has 0 unspecified atom stereocenters. The maximum absolute atomic E-state index is 12.7. The summed E-state index contributed by atoms with van der Waals surface area (Å²) in [4.78, 5) is 30.3. The van der Waals surface area contributed by atoms with E-state index < -0.39 is 22.2 Å². The van der Waals surface area contributed by atoms with Crippen molar-refractivity contribution in [3.63, 3.8) is 0 Å². The maximum atomic E-state index is 12.7. The van der Waals surface area contributed by atoms with Gasteiger partial charge in [0, 0.05) is 37.3 Å². The molecule has 0 saturated carbocycles. The van der Waals surface area contributed by atoms with E-state index in [1.54, 1.807) is 36.8 Å². The summed E-state index contributed by atoms with van der Waals surface area (Å²) in [6.07, 6.45) is 0.147. The second-order valence-electron chi connectivity index (χ2n) is 6.96. The zero-order valence-corrected chi connectivity index (χ0v) is 19.1. The monoisotopic (exact) mass is 490 g/mol. The minimum Gasteiger partial charge on any atom is -0.497 e. The number of hydrogen-bond acceptors (Lipinski definition) is 8. The lowest BCUT2D eigenvalue weighted by Gasteiger charge is -2.17. The number of sulfonamides is 1. The van der Waals surface area contributed by atoms with Crippen molar-refractivity contribution < 1.29 is 28.9 Å². The van der Waals surface area contributed by atoms with Crippen molar-refractivity contribution in [1.82, 2.24) is 4.98 Å². The van der Waals surface area contributed by atoms with Gasteiger partial charge in [-0.25, -0.2) is 18.2 Å². The zero-order valence-electron chi connectivity index (χ0n) is 17.4. The quantitative estimate of drug-likeness (QED) is 0.518. The summed E-state index contributed by atoms with van der Waals surface area (Å²) in [6.45, 7) is 0.336.